The minimum Gasteiger partial charge on any atom is -0.349 e. The van der Waals surface area contributed by atoms with Gasteiger partial charge in [-0.25, -0.2) is 0 Å². The summed E-state index contributed by atoms with van der Waals surface area (Å²) in [5.74, 6) is 0. The number of hydrogen-bond acceptors (Lipinski definition) is 4. The van der Waals surface area contributed by atoms with E-state index < -0.39 is 0 Å². The number of anilines is 1. The lowest BCUT2D eigenvalue weighted by Crippen LogP contribution is -2.43. The van der Waals surface area contributed by atoms with Gasteiger partial charge in [-0.15, -0.1) is 0 Å². The number of nitrogens with zero attached hydrogens (tertiary/aromatic N) is 2. The van der Waals surface area contributed by atoms with E-state index in [4.69, 9.17) is 0 Å². The molecule has 6 heteroatoms. The Bertz CT molecular complexity index is 833. The summed E-state index contributed by atoms with van der Waals surface area (Å²) >= 11 is 3.42. The summed E-state index contributed by atoms with van der Waals surface area (Å²) in [4.78, 5) is 25.0. The van der Waals surface area contributed by atoms with Gasteiger partial charge in [-0.3, -0.25) is 10.1 Å². The summed E-state index contributed by atoms with van der Waals surface area (Å²) in [5, 5.41) is 11.6. The van der Waals surface area contributed by atoms with Crippen LogP contribution in [0.2, 0.25) is 0 Å². The molecule has 5 nitrogen and oxygen atoms in total. The van der Waals surface area contributed by atoms with E-state index in [0.717, 1.165) is 40.3 Å². The van der Waals surface area contributed by atoms with Crippen LogP contribution in [0.4, 0.5) is 11.4 Å². The molecule has 1 heterocycles. The Morgan fingerprint density at radius 3 is 2.46 bits per heavy atom. The normalized spacial score (nSPS) is 20.0. The van der Waals surface area contributed by atoms with Gasteiger partial charge >= 0.3 is 0 Å². The molecule has 1 fully saturated rings. The first-order valence-corrected chi connectivity index (χ1v) is 9.46. The van der Waals surface area contributed by atoms with Gasteiger partial charge in [0, 0.05) is 10.5 Å². The molecular weight excluding hydrogens is 396 g/mol. The van der Waals surface area contributed by atoms with E-state index in [-0.39, 0.29) is 22.7 Å². The van der Waals surface area contributed by atoms with E-state index in [1.807, 2.05) is 18.7 Å². The van der Waals surface area contributed by atoms with Crippen LogP contribution in [0.3, 0.4) is 0 Å². The summed E-state index contributed by atoms with van der Waals surface area (Å²) in [6, 6.07) is 10.8. The molecule has 136 valence electrons. The second kappa shape index (κ2) is 7.58. The van der Waals surface area contributed by atoms with Crippen LogP contribution in [0.5, 0.6) is 0 Å². The summed E-state index contributed by atoms with van der Waals surface area (Å²) in [6.45, 7) is 4.09. The second-order valence-corrected chi connectivity index (χ2v) is 7.78. The first-order valence-electron chi connectivity index (χ1n) is 8.66. The number of benzene rings is 2. The van der Waals surface area contributed by atoms with Crippen molar-refractivity contribution in [3.05, 3.63) is 67.7 Å². The van der Waals surface area contributed by atoms with Crippen LogP contribution >= 0.6 is 15.9 Å². The average Bonchev–Trinajstić information content (AvgIpc) is 2.59. The largest absolute Gasteiger partial charge is 0.349 e. The van der Waals surface area contributed by atoms with Crippen molar-refractivity contribution in [2.45, 2.75) is 45.2 Å². The van der Waals surface area contributed by atoms with E-state index in [9.17, 15) is 14.9 Å². The topological polar surface area (TPSA) is 63.5 Å². The molecule has 0 aromatic heterocycles. The Hall–Kier alpha value is -2.21. The lowest BCUT2D eigenvalue weighted by atomic mass is 9.89. The van der Waals surface area contributed by atoms with Crippen molar-refractivity contribution >= 4 is 33.6 Å². The van der Waals surface area contributed by atoms with Crippen LogP contribution in [0.15, 0.2) is 40.9 Å². The van der Waals surface area contributed by atoms with Gasteiger partial charge in [0.15, 0.2) is 0 Å². The molecule has 0 amide bonds. The molecule has 1 aliphatic heterocycles. The number of rotatable bonds is 4. The highest BCUT2D eigenvalue weighted by Crippen LogP contribution is 2.43. The Morgan fingerprint density at radius 2 is 1.85 bits per heavy atom. The van der Waals surface area contributed by atoms with Crippen LogP contribution < -0.4 is 4.90 Å². The molecule has 0 saturated carbocycles. The molecule has 2 unspecified atom stereocenters. The molecule has 1 aliphatic rings. The van der Waals surface area contributed by atoms with Crippen molar-refractivity contribution in [1.82, 2.24) is 0 Å². The molecule has 3 rings (SSSR count). The van der Waals surface area contributed by atoms with E-state index in [1.54, 1.807) is 12.1 Å². The highest BCUT2D eigenvalue weighted by Gasteiger charge is 2.35. The summed E-state index contributed by atoms with van der Waals surface area (Å²) < 4.78 is 0.757. The van der Waals surface area contributed by atoms with Crippen molar-refractivity contribution in [3.8, 4) is 0 Å². The van der Waals surface area contributed by atoms with Gasteiger partial charge in [0.25, 0.3) is 5.69 Å². The number of nitro benzene ring substituents is 1. The fraction of sp³-hybridized carbons (Fsp3) is 0.350. The molecule has 0 spiro atoms. The number of halogens is 1. The Morgan fingerprint density at radius 1 is 1.15 bits per heavy atom. The molecule has 1 saturated heterocycles. The fourth-order valence-corrected chi connectivity index (χ4v) is 4.25. The summed E-state index contributed by atoms with van der Waals surface area (Å²) in [7, 11) is 0. The van der Waals surface area contributed by atoms with Crippen LogP contribution in [0.1, 0.15) is 42.0 Å². The molecule has 0 aliphatic carbocycles. The Labute approximate surface area is 161 Å². The number of hydrogen-bond donors (Lipinski definition) is 0. The Balaban J connectivity index is 2.17. The van der Waals surface area contributed by atoms with E-state index in [2.05, 4.69) is 34.1 Å². The van der Waals surface area contributed by atoms with Crippen LogP contribution in [-0.2, 0) is 4.79 Å². The molecule has 0 bridgehead atoms. The van der Waals surface area contributed by atoms with Crippen molar-refractivity contribution in [3.63, 3.8) is 0 Å². The predicted octanol–water partition coefficient (Wildman–Crippen LogP) is 5.27. The van der Waals surface area contributed by atoms with Gasteiger partial charge in [0.2, 0.25) is 0 Å². The average molecular weight is 417 g/mol. The van der Waals surface area contributed by atoms with Crippen molar-refractivity contribution in [1.29, 1.82) is 0 Å². The standard InChI is InChI=1S/C20H21BrN2O3/c1-13-8-14(2)10-15(9-13)18-5-3-4-17(12-24)22(18)20-11-16(21)6-7-19(20)23(25)26/h6-12,17-18H,3-5H2,1-2H3. The number of carbonyl (C=O) groups is 1. The molecule has 2 aromatic rings. The SMILES string of the molecule is Cc1cc(C)cc(C2CCCC(C=O)N2c2cc(Br)ccc2[N+](=O)[O-])c1. The summed E-state index contributed by atoms with van der Waals surface area (Å²) in [5.41, 5.74) is 3.92. The van der Waals surface area contributed by atoms with Gasteiger partial charge in [0.1, 0.15) is 12.0 Å². The molecule has 0 N–H and O–H groups in total. The minimum atomic E-state index is -0.378. The third-order valence-corrected chi connectivity index (χ3v) is 5.36. The number of piperidine rings is 1. The van der Waals surface area contributed by atoms with E-state index in [1.165, 1.54) is 6.07 Å². The van der Waals surface area contributed by atoms with Crippen LogP contribution in [0, 0.1) is 24.0 Å². The highest BCUT2D eigenvalue weighted by molar-refractivity contribution is 9.10. The molecule has 0 radical (unpaired) electrons. The third-order valence-electron chi connectivity index (χ3n) is 4.87. The number of carbonyl (C=O) groups excluding carboxylic acids is 1. The minimum absolute atomic E-state index is 0.0244. The maximum atomic E-state index is 11.8. The van der Waals surface area contributed by atoms with Gasteiger partial charge in [-0.05, 0) is 50.8 Å². The first kappa shape index (κ1) is 18.6. The zero-order valence-corrected chi connectivity index (χ0v) is 16.4. The van der Waals surface area contributed by atoms with E-state index >= 15 is 0 Å². The van der Waals surface area contributed by atoms with Gasteiger partial charge < -0.3 is 9.69 Å². The van der Waals surface area contributed by atoms with E-state index in [0.29, 0.717) is 12.1 Å². The van der Waals surface area contributed by atoms with Gasteiger partial charge in [-0.1, -0.05) is 45.3 Å². The van der Waals surface area contributed by atoms with Crippen molar-refractivity contribution in [2.24, 2.45) is 0 Å². The highest BCUT2D eigenvalue weighted by atomic mass is 79.9. The smallest absolute Gasteiger partial charge is 0.292 e. The molecule has 2 aromatic carbocycles. The van der Waals surface area contributed by atoms with Crippen LogP contribution in [-0.4, -0.2) is 17.3 Å². The quantitative estimate of drug-likeness (QED) is 0.386. The first-order chi connectivity index (χ1) is 12.4. The third kappa shape index (κ3) is 3.65. The maximum Gasteiger partial charge on any atom is 0.292 e. The van der Waals surface area contributed by atoms with Crippen LogP contribution in [0.25, 0.3) is 0 Å². The monoisotopic (exact) mass is 416 g/mol. The zero-order chi connectivity index (χ0) is 18.8. The fourth-order valence-electron chi connectivity index (χ4n) is 3.90. The lowest BCUT2D eigenvalue weighted by molar-refractivity contribution is -0.384. The lowest BCUT2D eigenvalue weighted by Gasteiger charge is -2.41. The number of aldehydes is 1. The molecule has 2 atom stereocenters. The molecule has 26 heavy (non-hydrogen) atoms. The zero-order valence-electron chi connectivity index (χ0n) is 14.8. The van der Waals surface area contributed by atoms with Gasteiger partial charge in [-0.2, -0.15) is 0 Å². The predicted molar refractivity (Wildman–Crippen MR) is 106 cm³/mol. The summed E-state index contributed by atoms with van der Waals surface area (Å²) in [6.07, 6.45) is 3.39. The maximum absolute atomic E-state index is 11.8. The second-order valence-electron chi connectivity index (χ2n) is 6.87. The number of aryl methyl sites for hydroxylation is 2. The van der Waals surface area contributed by atoms with Crippen molar-refractivity contribution < 1.29 is 9.72 Å². The Kier molecular flexibility index (Phi) is 5.41. The molecular formula is C20H21BrN2O3. The van der Waals surface area contributed by atoms with Crippen molar-refractivity contribution in [2.75, 3.05) is 4.90 Å². The van der Waals surface area contributed by atoms with Gasteiger partial charge in [0.05, 0.1) is 17.0 Å². The number of nitro groups is 1.